The SMILES string of the molecule is CC(C)N1CCC(/C=C\C=O)C1. The van der Waals surface area contributed by atoms with Crippen LogP contribution in [0.15, 0.2) is 12.2 Å². The lowest BCUT2D eigenvalue weighted by molar-refractivity contribution is -0.104. The molecule has 2 heteroatoms. The number of rotatable bonds is 3. The molecule has 1 aliphatic heterocycles. The lowest BCUT2D eigenvalue weighted by Crippen LogP contribution is -2.27. The summed E-state index contributed by atoms with van der Waals surface area (Å²) in [5.41, 5.74) is 0. The Bertz CT molecular complexity index is 175. The topological polar surface area (TPSA) is 20.3 Å². The van der Waals surface area contributed by atoms with E-state index in [1.807, 2.05) is 6.08 Å². The van der Waals surface area contributed by atoms with E-state index in [-0.39, 0.29) is 0 Å². The summed E-state index contributed by atoms with van der Waals surface area (Å²) in [4.78, 5) is 12.5. The van der Waals surface area contributed by atoms with Gasteiger partial charge in [0.25, 0.3) is 0 Å². The summed E-state index contributed by atoms with van der Waals surface area (Å²) >= 11 is 0. The zero-order valence-electron chi connectivity index (χ0n) is 7.86. The van der Waals surface area contributed by atoms with Crippen LogP contribution in [0.25, 0.3) is 0 Å². The monoisotopic (exact) mass is 167 g/mol. The second-order valence-electron chi connectivity index (χ2n) is 3.66. The van der Waals surface area contributed by atoms with Crippen molar-refractivity contribution in [1.82, 2.24) is 4.90 Å². The molecule has 2 nitrogen and oxygen atoms in total. The quantitative estimate of drug-likeness (QED) is 0.468. The van der Waals surface area contributed by atoms with Crippen molar-refractivity contribution in [3.05, 3.63) is 12.2 Å². The highest BCUT2D eigenvalue weighted by Gasteiger charge is 2.21. The van der Waals surface area contributed by atoms with E-state index in [0.717, 1.165) is 12.8 Å². The van der Waals surface area contributed by atoms with Crippen LogP contribution in [0.4, 0.5) is 0 Å². The predicted molar refractivity (Wildman–Crippen MR) is 50.0 cm³/mol. The van der Waals surface area contributed by atoms with Crippen molar-refractivity contribution in [3.8, 4) is 0 Å². The molecule has 0 spiro atoms. The van der Waals surface area contributed by atoms with Crippen molar-refractivity contribution in [1.29, 1.82) is 0 Å². The summed E-state index contributed by atoms with van der Waals surface area (Å²) in [5.74, 6) is 0.595. The van der Waals surface area contributed by atoms with Crippen LogP contribution in [-0.2, 0) is 4.79 Å². The lowest BCUT2D eigenvalue weighted by atomic mass is 10.1. The molecule has 1 aliphatic rings. The molecule has 0 saturated carbocycles. The molecule has 0 aromatic carbocycles. The molecule has 0 N–H and O–H groups in total. The van der Waals surface area contributed by atoms with Crippen molar-refractivity contribution in [2.75, 3.05) is 13.1 Å². The molecule has 12 heavy (non-hydrogen) atoms. The Morgan fingerprint density at radius 3 is 2.75 bits per heavy atom. The Labute approximate surface area is 74.2 Å². The normalized spacial score (nSPS) is 25.8. The molecule has 1 unspecified atom stereocenters. The van der Waals surface area contributed by atoms with E-state index in [2.05, 4.69) is 18.7 Å². The van der Waals surface area contributed by atoms with Crippen LogP contribution < -0.4 is 0 Å². The van der Waals surface area contributed by atoms with E-state index in [9.17, 15) is 4.79 Å². The van der Waals surface area contributed by atoms with E-state index in [4.69, 9.17) is 0 Å². The van der Waals surface area contributed by atoms with Gasteiger partial charge >= 0.3 is 0 Å². The fourth-order valence-corrected chi connectivity index (χ4v) is 1.64. The number of allylic oxidation sites excluding steroid dienone is 1. The Hall–Kier alpha value is -0.630. The molecule has 0 aromatic heterocycles. The molecule has 1 atom stereocenters. The summed E-state index contributed by atoms with van der Waals surface area (Å²) in [6, 6.07) is 0.639. The van der Waals surface area contributed by atoms with Crippen LogP contribution in [0.1, 0.15) is 20.3 Å². The van der Waals surface area contributed by atoms with Crippen LogP contribution in [0.2, 0.25) is 0 Å². The standard InChI is InChI=1S/C10H17NO/c1-9(2)11-6-5-10(8-11)4-3-7-12/h3-4,7,9-10H,5-6,8H2,1-2H3/b4-3-. The Balaban J connectivity index is 2.35. The van der Waals surface area contributed by atoms with Gasteiger partial charge in [-0.3, -0.25) is 4.79 Å². The minimum atomic E-state index is 0.595. The number of carbonyl (C=O) groups is 1. The van der Waals surface area contributed by atoms with Crippen LogP contribution in [-0.4, -0.2) is 30.3 Å². The van der Waals surface area contributed by atoms with Gasteiger partial charge in [-0.25, -0.2) is 0 Å². The van der Waals surface area contributed by atoms with Crippen molar-refractivity contribution < 1.29 is 4.79 Å². The van der Waals surface area contributed by atoms with E-state index < -0.39 is 0 Å². The summed E-state index contributed by atoms with van der Waals surface area (Å²) < 4.78 is 0. The second-order valence-corrected chi connectivity index (χ2v) is 3.66. The first-order valence-electron chi connectivity index (χ1n) is 4.60. The number of carbonyl (C=O) groups excluding carboxylic acids is 1. The first-order valence-corrected chi connectivity index (χ1v) is 4.60. The summed E-state index contributed by atoms with van der Waals surface area (Å²) in [7, 11) is 0. The van der Waals surface area contributed by atoms with Crippen LogP contribution in [0.3, 0.4) is 0 Å². The molecule has 1 fully saturated rings. The van der Waals surface area contributed by atoms with Crippen molar-refractivity contribution in [2.45, 2.75) is 26.3 Å². The summed E-state index contributed by atoms with van der Waals surface area (Å²) in [6.07, 6.45) is 5.70. The van der Waals surface area contributed by atoms with Gasteiger partial charge in [-0.2, -0.15) is 0 Å². The van der Waals surface area contributed by atoms with Gasteiger partial charge in [0.15, 0.2) is 0 Å². The second kappa shape index (κ2) is 4.41. The van der Waals surface area contributed by atoms with E-state index >= 15 is 0 Å². The summed E-state index contributed by atoms with van der Waals surface area (Å²) in [6.45, 7) is 6.71. The highest BCUT2D eigenvalue weighted by molar-refractivity contribution is 5.64. The van der Waals surface area contributed by atoms with Gasteiger partial charge in [-0.05, 0) is 38.8 Å². The average Bonchev–Trinajstić information content (AvgIpc) is 2.48. The number of likely N-dealkylation sites (tertiary alicyclic amines) is 1. The largest absolute Gasteiger partial charge is 0.300 e. The molecule has 0 bridgehead atoms. The van der Waals surface area contributed by atoms with E-state index in [1.54, 1.807) is 6.08 Å². The molecule has 0 aromatic rings. The third-order valence-electron chi connectivity index (χ3n) is 2.45. The number of hydrogen-bond donors (Lipinski definition) is 0. The molecule has 0 amide bonds. The molecule has 68 valence electrons. The third-order valence-corrected chi connectivity index (χ3v) is 2.45. The Morgan fingerprint density at radius 1 is 1.50 bits per heavy atom. The van der Waals surface area contributed by atoms with E-state index in [0.29, 0.717) is 12.0 Å². The maximum Gasteiger partial charge on any atom is 0.142 e. The molecule has 0 aliphatic carbocycles. The molecule has 1 rings (SSSR count). The van der Waals surface area contributed by atoms with Crippen LogP contribution in [0.5, 0.6) is 0 Å². The maximum atomic E-state index is 10.1. The van der Waals surface area contributed by atoms with Gasteiger partial charge in [0.05, 0.1) is 0 Å². The number of nitrogens with zero attached hydrogens (tertiary/aromatic N) is 1. The van der Waals surface area contributed by atoms with Gasteiger partial charge in [-0.15, -0.1) is 0 Å². The predicted octanol–water partition coefficient (Wildman–Crippen LogP) is 1.47. The van der Waals surface area contributed by atoms with Gasteiger partial charge in [0.1, 0.15) is 6.29 Å². The smallest absolute Gasteiger partial charge is 0.142 e. The number of aldehydes is 1. The fraction of sp³-hybridized carbons (Fsp3) is 0.700. The van der Waals surface area contributed by atoms with Gasteiger partial charge < -0.3 is 4.90 Å². The van der Waals surface area contributed by atoms with Gasteiger partial charge in [0, 0.05) is 12.6 Å². The molecular formula is C10H17NO. The zero-order valence-corrected chi connectivity index (χ0v) is 7.86. The molecule has 1 heterocycles. The van der Waals surface area contributed by atoms with Crippen molar-refractivity contribution in [3.63, 3.8) is 0 Å². The van der Waals surface area contributed by atoms with Gasteiger partial charge in [-0.1, -0.05) is 6.08 Å². The highest BCUT2D eigenvalue weighted by Crippen LogP contribution is 2.18. The van der Waals surface area contributed by atoms with Crippen LogP contribution >= 0.6 is 0 Å². The first kappa shape index (κ1) is 9.46. The first-order chi connectivity index (χ1) is 5.74. The minimum Gasteiger partial charge on any atom is -0.300 e. The Morgan fingerprint density at radius 2 is 2.25 bits per heavy atom. The number of hydrogen-bond acceptors (Lipinski definition) is 2. The molecular weight excluding hydrogens is 150 g/mol. The Kier molecular flexibility index (Phi) is 3.48. The summed E-state index contributed by atoms with van der Waals surface area (Å²) in [5, 5.41) is 0. The van der Waals surface area contributed by atoms with Crippen molar-refractivity contribution in [2.24, 2.45) is 5.92 Å². The van der Waals surface area contributed by atoms with Gasteiger partial charge in [0.2, 0.25) is 0 Å². The zero-order chi connectivity index (χ0) is 8.97. The fourth-order valence-electron chi connectivity index (χ4n) is 1.64. The average molecular weight is 167 g/mol. The van der Waals surface area contributed by atoms with Crippen molar-refractivity contribution >= 4 is 6.29 Å². The maximum absolute atomic E-state index is 10.1. The third kappa shape index (κ3) is 2.45. The molecule has 1 saturated heterocycles. The van der Waals surface area contributed by atoms with E-state index in [1.165, 1.54) is 13.0 Å². The molecule has 0 radical (unpaired) electrons. The lowest BCUT2D eigenvalue weighted by Gasteiger charge is -2.19. The van der Waals surface area contributed by atoms with Crippen LogP contribution in [0, 0.1) is 5.92 Å². The minimum absolute atomic E-state index is 0.595. The highest BCUT2D eigenvalue weighted by atomic mass is 16.1.